The number of hydrogen-bond donors (Lipinski definition) is 3. The highest BCUT2D eigenvalue weighted by molar-refractivity contribution is 5.68. The number of carbonyl (C=O) groups is 2. The highest BCUT2D eigenvalue weighted by Crippen LogP contribution is 2.29. The Morgan fingerprint density at radius 3 is 2.00 bits per heavy atom. The Labute approximate surface area is 169 Å². The Morgan fingerprint density at radius 2 is 1.50 bits per heavy atom. The van der Waals surface area contributed by atoms with Gasteiger partial charge in [0.25, 0.3) is 0 Å². The molecule has 2 saturated carbocycles. The molecular weight excluding hydrogens is 358 g/mol. The monoisotopic (exact) mass is 397 g/mol. The van der Waals surface area contributed by atoms with Gasteiger partial charge in [-0.25, -0.2) is 9.59 Å². The molecule has 2 amide bonds. The first-order valence-corrected chi connectivity index (χ1v) is 10.9. The van der Waals surface area contributed by atoms with Gasteiger partial charge in [-0.15, -0.1) is 0 Å². The maximum atomic E-state index is 12.0. The lowest BCUT2D eigenvalue weighted by Crippen LogP contribution is -2.47. The van der Waals surface area contributed by atoms with Crippen molar-refractivity contribution in [1.29, 1.82) is 0 Å². The maximum absolute atomic E-state index is 12.0. The Balaban J connectivity index is 1.72. The summed E-state index contributed by atoms with van der Waals surface area (Å²) in [6.07, 6.45) is 7.06. The van der Waals surface area contributed by atoms with Crippen LogP contribution in [0, 0.1) is 5.92 Å². The molecule has 2 rings (SSSR count). The summed E-state index contributed by atoms with van der Waals surface area (Å²) in [7, 11) is 0. The van der Waals surface area contributed by atoms with E-state index in [0.717, 1.165) is 64.5 Å². The van der Waals surface area contributed by atoms with E-state index in [-0.39, 0.29) is 18.2 Å². The Bertz CT molecular complexity index is 504. The van der Waals surface area contributed by atoms with Gasteiger partial charge in [0.1, 0.15) is 5.60 Å². The van der Waals surface area contributed by atoms with Crippen LogP contribution >= 0.6 is 0 Å². The van der Waals surface area contributed by atoms with Crippen LogP contribution in [-0.4, -0.2) is 59.0 Å². The van der Waals surface area contributed by atoms with Gasteiger partial charge < -0.3 is 25.4 Å². The second kappa shape index (κ2) is 10.3. The van der Waals surface area contributed by atoms with Crippen molar-refractivity contribution in [2.45, 2.75) is 103 Å². The molecule has 2 aliphatic carbocycles. The summed E-state index contributed by atoms with van der Waals surface area (Å²) in [6, 6.07) is 0.914. The molecule has 2 aliphatic rings. The van der Waals surface area contributed by atoms with Crippen molar-refractivity contribution in [3.05, 3.63) is 0 Å². The molecule has 0 radical (unpaired) electrons. The number of alkyl carbamates (subject to hydrolysis) is 1. The van der Waals surface area contributed by atoms with E-state index in [0.29, 0.717) is 12.0 Å². The smallest absolute Gasteiger partial charge is 0.407 e. The van der Waals surface area contributed by atoms with Crippen molar-refractivity contribution in [2.75, 3.05) is 13.1 Å². The Morgan fingerprint density at radius 1 is 0.964 bits per heavy atom. The molecule has 3 N–H and O–H groups in total. The van der Waals surface area contributed by atoms with E-state index in [9.17, 15) is 9.59 Å². The largest absolute Gasteiger partial charge is 0.465 e. The van der Waals surface area contributed by atoms with E-state index in [1.165, 1.54) is 0 Å². The molecule has 2 fully saturated rings. The van der Waals surface area contributed by atoms with Crippen LogP contribution < -0.4 is 10.6 Å². The number of ether oxygens (including phenoxy) is 1. The van der Waals surface area contributed by atoms with Gasteiger partial charge in [-0.3, -0.25) is 0 Å². The second-order valence-corrected chi connectivity index (χ2v) is 9.41. The van der Waals surface area contributed by atoms with Gasteiger partial charge >= 0.3 is 12.2 Å². The minimum absolute atomic E-state index is 0.123. The first-order chi connectivity index (χ1) is 13.2. The van der Waals surface area contributed by atoms with Crippen LogP contribution in [0.1, 0.15) is 79.1 Å². The van der Waals surface area contributed by atoms with E-state index >= 15 is 0 Å². The lowest BCUT2D eigenvalue weighted by Gasteiger charge is -2.39. The Hall–Kier alpha value is -1.50. The summed E-state index contributed by atoms with van der Waals surface area (Å²) in [6.45, 7) is 10.0. The lowest BCUT2D eigenvalue weighted by atomic mass is 9.84. The van der Waals surface area contributed by atoms with Crippen LogP contribution in [0.2, 0.25) is 0 Å². The second-order valence-electron chi connectivity index (χ2n) is 9.41. The van der Waals surface area contributed by atoms with E-state index < -0.39 is 11.7 Å². The van der Waals surface area contributed by atoms with Gasteiger partial charge in [0, 0.05) is 24.7 Å². The molecule has 0 saturated heterocycles. The lowest BCUT2D eigenvalue weighted by molar-refractivity contribution is 0.0471. The summed E-state index contributed by atoms with van der Waals surface area (Å²) in [5.74, 6) is 0.657. The number of amides is 2. The molecule has 0 bridgehead atoms. The van der Waals surface area contributed by atoms with Gasteiger partial charge in [0.05, 0.1) is 0 Å². The first kappa shape index (κ1) is 22.8. The minimum atomic E-state index is -0.907. The quantitative estimate of drug-likeness (QED) is 0.631. The summed E-state index contributed by atoms with van der Waals surface area (Å²) < 4.78 is 5.37. The van der Waals surface area contributed by atoms with Crippen molar-refractivity contribution in [3.8, 4) is 0 Å². The van der Waals surface area contributed by atoms with Crippen LogP contribution in [-0.2, 0) is 4.74 Å². The summed E-state index contributed by atoms with van der Waals surface area (Å²) in [5.41, 5.74) is -0.459. The third kappa shape index (κ3) is 7.86. The fraction of sp³-hybridized carbons (Fsp3) is 0.905. The molecule has 7 heteroatoms. The molecular formula is C21H39N3O4. The molecule has 7 nitrogen and oxygen atoms in total. The van der Waals surface area contributed by atoms with Crippen LogP contribution in [0.5, 0.6) is 0 Å². The number of carboxylic acid groups (broad SMARTS) is 1. The highest BCUT2D eigenvalue weighted by Gasteiger charge is 2.30. The topological polar surface area (TPSA) is 90.9 Å². The van der Waals surface area contributed by atoms with Gasteiger partial charge in [0.2, 0.25) is 0 Å². The van der Waals surface area contributed by atoms with Crippen molar-refractivity contribution in [3.63, 3.8) is 0 Å². The van der Waals surface area contributed by atoms with E-state index in [1.54, 1.807) is 0 Å². The molecule has 0 aliphatic heterocycles. The predicted octanol–water partition coefficient (Wildman–Crippen LogP) is 3.97. The molecule has 0 unspecified atom stereocenters. The van der Waals surface area contributed by atoms with Crippen molar-refractivity contribution < 1.29 is 19.4 Å². The van der Waals surface area contributed by atoms with Gasteiger partial charge in [-0.2, -0.15) is 0 Å². The Kier molecular flexibility index (Phi) is 8.40. The zero-order valence-corrected chi connectivity index (χ0v) is 18.0. The summed E-state index contributed by atoms with van der Waals surface area (Å²) in [4.78, 5) is 25.4. The van der Waals surface area contributed by atoms with Gasteiger partial charge in [-0.1, -0.05) is 6.92 Å². The van der Waals surface area contributed by atoms with Crippen molar-refractivity contribution in [1.82, 2.24) is 15.5 Å². The fourth-order valence-electron chi connectivity index (χ4n) is 4.59. The zero-order chi connectivity index (χ0) is 20.7. The van der Waals surface area contributed by atoms with E-state index in [2.05, 4.69) is 22.5 Å². The third-order valence-corrected chi connectivity index (χ3v) is 6.01. The van der Waals surface area contributed by atoms with E-state index in [1.807, 2.05) is 20.8 Å². The average molecular weight is 398 g/mol. The molecule has 0 atom stereocenters. The minimum Gasteiger partial charge on any atom is -0.465 e. The van der Waals surface area contributed by atoms with Crippen LogP contribution in [0.15, 0.2) is 0 Å². The summed E-state index contributed by atoms with van der Waals surface area (Å²) in [5, 5.41) is 14.5. The average Bonchev–Trinajstić information content (AvgIpc) is 2.60. The molecule has 0 spiro atoms. The standard InChI is InChI=1S/C21H39N3O4/c1-5-24(14-15-6-8-16(9-7-15)22-19(25)26)18-12-10-17(11-13-18)23-20(27)28-21(2,3)4/h15-18,22H,5-14H2,1-4H3,(H,23,27)(H,25,26)/t15-,16-,17-,18-. The van der Waals surface area contributed by atoms with Gasteiger partial charge in [0.15, 0.2) is 0 Å². The van der Waals surface area contributed by atoms with Crippen LogP contribution in [0.3, 0.4) is 0 Å². The molecule has 28 heavy (non-hydrogen) atoms. The SMILES string of the molecule is CCN(C[C@H]1CC[C@H](NC(=O)O)CC1)[C@H]1CC[C@H](NC(=O)OC(C)(C)C)CC1. The molecule has 0 heterocycles. The third-order valence-electron chi connectivity index (χ3n) is 6.01. The number of carbonyl (C=O) groups excluding carboxylic acids is 1. The highest BCUT2D eigenvalue weighted by atomic mass is 16.6. The molecule has 0 aromatic heterocycles. The molecule has 0 aromatic rings. The number of nitrogens with zero attached hydrogens (tertiary/aromatic N) is 1. The molecule has 0 aromatic carbocycles. The molecule has 162 valence electrons. The number of rotatable bonds is 6. The van der Waals surface area contributed by atoms with E-state index in [4.69, 9.17) is 9.84 Å². The van der Waals surface area contributed by atoms with Crippen LogP contribution in [0.4, 0.5) is 9.59 Å². The number of nitrogens with one attached hydrogen (secondary N) is 2. The van der Waals surface area contributed by atoms with Crippen LogP contribution in [0.25, 0.3) is 0 Å². The van der Waals surface area contributed by atoms with Gasteiger partial charge in [-0.05, 0) is 84.6 Å². The zero-order valence-electron chi connectivity index (χ0n) is 18.0. The first-order valence-electron chi connectivity index (χ1n) is 10.9. The summed E-state index contributed by atoms with van der Waals surface area (Å²) >= 11 is 0. The fourth-order valence-corrected chi connectivity index (χ4v) is 4.59. The number of hydrogen-bond acceptors (Lipinski definition) is 4. The van der Waals surface area contributed by atoms with Crippen molar-refractivity contribution >= 4 is 12.2 Å². The van der Waals surface area contributed by atoms with Crippen molar-refractivity contribution in [2.24, 2.45) is 5.92 Å². The predicted molar refractivity (Wildman–Crippen MR) is 110 cm³/mol. The maximum Gasteiger partial charge on any atom is 0.407 e. The normalized spacial score (nSPS) is 28.6.